The van der Waals surface area contributed by atoms with E-state index in [1.54, 1.807) is 29.2 Å². The lowest BCUT2D eigenvalue weighted by Crippen LogP contribution is -2.17. The van der Waals surface area contributed by atoms with E-state index in [1.807, 2.05) is 18.2 Å². The van der Waals surface area contributed by atoms with E-state index in [9.17, 15) is 9.50 Å². The SMILES string of the molecule is Nc1nc(N(c2ccc(CO)cc2)c2ccc3c(c2)OCCO3)ncc1F. The fourth-order valence-electron chi connectivity index (χ4n) is 2.78. The molecule has 1 aliphatic heterocycles. The summed E-state index contributed by atoms with van der Waals surface area (Å²) in [5, 5.41) is 9.27. The molecular weight excluding hydrogens is 351 g/mol. The van der Waals surface area contributed by atoms with Gasteiger partial charge in [0.1, 0.15) is 13.2 Å². The molecule has 0 amide bonds. The van der Waals surface area contributed by atoms with Crippen molar-refractivity contribution in [3.63, 3.8) is 0 Å². The predicted octanol–water partition coefficient (Wildman–Crippen LogP) is 2.93. The number of nitrogens with zero attached hydrogens (tertiary/aromatic N) is 3. The molecule has 0 fully saturated rings. The minimum absolute atomic E-state index is 0.0652. The van der Waals surface area contributed by atoms with Crippen LogP contribution in [-0.4, -0.2) is 28.3 Å². The van der Waals surface area contributed by atoms with E-state index >= 15 is 0 Å². The van der Waals surface area contributed by atoms with Gasteiger partial charge in [-0.2, -0.15) is 4.98 Å². The number of fused-ring (bicyclic) bond motifs is 1. The molecule has 138 valence electrons. The van der Waals surface area contributed by atoms with Gasteiger partial charge >= 0.3 is 0 Å². The Kier molecular flexibility index (Phi) is 4.47. The molecule has 0 unspecified atom stereocenters. The van der Waals surface area contributed by atoms with Crippen LogP contribution in [0, 0.1) is 5.82 Å². The van der Waals surface area contributed by atoms with Crippen molar-refractivity contribution in [1.82, 2.24) is 9.97 Å². The first-order valence-electron chi connectivity index (χ1n) is 8.33. The van der Waals surface area contributed by atoms with Crippen LogP contribution in [0.4, 0.5) is 27.5 Å². The highest BCUT2D eigenvalue weighted by molar-refractivity contribution is 5.75. The summed E-state index contributed by atoms with van der Waals surface area (Å²) >= 11 is 0. The molecule has 27 heavy (non-hydrogen) atoms. The number of nitrogen functional groups attached to an aromatic ring is 1. The summed E-state index contributed by atoms with van der Waals surface area (Å²) in [5.74, 6) is 0.541. The summed E-state index contributed by atoms with van der Waals surface area (Å²) < 4.78 is 24.8. The molecule has 3 N–H and O–H groups in total. The average molecular weight is 368 g/mol. The van der Waals surface area contributed by atoms with Crippen LogP contribution in [0.3, 0.4) is 0 Å². The molecule has 0 radical (unpaired) electrons. The maximum Gasteiger partial charge on any atom is 0.236 e. The second-order valence-corrected chi connectivity index (χ2v) is 5.89. The average Bonchev–Trinajstić information content (AvgIpc) is 2.71. The van der Waals surface area contributed by atoms with Crippen LogP contribution in [0.25, 0.3) is 0 Å². The zero-order valence-electron chi connectivity index (χ0n) is 14.3. The number of ether oxygens (including phenoxy) is 2. The fourth-order valence-corrected chi connectivity index (χ4v) is 2.78. The first kappa shape index (κ1) is 17.0. The lowest BCUT2D eigenvalue weighted by Gasteiger charge is -2.25. The molecular formula is C19H17FN4O3. The number of benzene rings is 2. The van der Waals surface area contributed by atoms with Crippen LogP contribution >= 0.6 is 0 Å². The molecule has 2 heterocycles. The van der Waals surface area contributed by atoms with Gasteiger partial charge in [-0.25, -0.2) is 9.37 Å². The van der Waals surface area contributed by atoms with Crippen LogP contribution in [0.5, 0.6) is 11.5 Å². The topological polar surface area (TPSA) is 93.7 Å². The van der Waals surface area contributed by atoms with Gasteiger partial charge in [0.25, 0.3) is 0 Å². The molecule has 8 heteroatoms. The Balaban J connectivity index is 1.83. The third-order valence-electron chi connectivity index (χ3n) is 4.12. The van der Waals surface area contributed by atoms with Crippen LogP contribution in [0.1, 0.15) is 5.56 Å². The van der Waals surface area contributed by atoms with Crippen LogP contribution in [0.15, 0.2) is 48.7 Å². The fraction of sp³-hybridized carbons (Fsp3) is 0.158. The summed E-state index contributed by atoms with van der Waals surface area (Å²) in [6.07, 6.45) is 1.03. The summed E-state index contributed by atoms with van der Waals surface area (Å²) in [6, 6.07) is 12.6. The Morgan fingerprint density at radius 3 is 2.44 bits per heavy atom. The predicted molar refractivity (Wildman–Crippen MR) is 98.0 cm³/mol. The maximum absolute atomic E-state index is 13.6. The van der Waals surface area contributed by atoms with Crippen LogP contribution < -0.4 is 20.1 Å². The van der Waals surface area contributed by atoms with Crippen molar-refractivity contribution in [1.29, 1.82) is 0 Å². The highest BCUT2D eigenvalue weighted by Gasteiger charge is 2.20. The smallest absolute Gasteiger partial charge is 0.236 e. The molecule has 0 bridgehead atoms. The molecule has 0 spiro atoms. The van der Waals surface area contributed by atoms with Gasteiger partial charge in [0.2, 0.25) is 5.95 Å². The van der Waals surface area contributed by atoms with E-state index in [0.717, 1.165) is 17.4 Å². The Morgan fingerprint density at radius 2 is 1.74 bits per heavy atom. The summed E-state index contributed by atoms with van der Waals surface area (Å²) in [7, 11) is 0. The van der Waals surface area contributed by atoms with Gasteiger partial charge in [-0.3, -0.25) is 4.90 Å². The van der Waals surface area contributed by atoms with Crippen molar-refractivity contribution in [2.24, 2.45) is 0 Å². The Hall–Kier alpha value is -3.39. The quantitative estimate of drug-likeness (QED) is 0.731. The van der Waals surface area contributed by atoms with Gasteiger partial charge in [-0.1, -0.05) is 12.1 Å². The van der Waals surface area contributed by atoms with Crippen LogP contribution in [0.2, 0.25) is 0 Å². The highest BCUT2D eigenvalue weighted by atomic mass is 19.1. The largest absolute Gasteiger partial charge is 0.486 e. The minimum atomic E-state index is -0.684. The third-order valence-corrected chi connectivity index (χ3v) is 4.12. The Bertz CT molecular complexity index is 966. The first-order valence-corrected chi connectivity index (χ1v) is 8.33. The molecule has 0 aliphatic carbocycles. The van der Waals surface area contributed by atoms with Crippen molar-refractivity contribution in [3.05, 3.63) is 60.0 Å². The molecule has 0 atom stereocenters. The van der Waals surface area contributed by atoms with E-state index in [4.69, 9.17) is 15.2 Å². The highest BCUT2D eigenvalue weighted by Crippen LogP contribution is 2.39. The van der Waals surface area contributed by atoms with Crippen molar-refractivity contribution in [3.8, 4) is 11.5 Å². The number of rotatable bonds is 4. The van der Waals surface area contributed by atoms with Gasteiger partial charge in [0.05, 0.1) is 18.5 Å². The molecule has 1 aromatic heterocycles. The number of anilines is 4. The molecule has 0 saturated carbocycles. The van der Waals surface area contributed by atoms with Crippen molar-refractivity contribution >= 4 is 23.1 Å². The van der Waals surface area contributed by atoms with Crippen molar-refractivity contribution < 1.29 is 19.0 Å². The minimum Gasteiger partial charge on any atom is -0.486 e. The number of aliphatic hydroxyl groups is 1. The van der Waals surface area contributed by atoms with Gasteiger partial charge in [-0.05, 0) is 29.8 Å². The monoisotopic (exact) mass is 368 g/mol. The molecule has 7 nitrogen and oxygen atoms in total. The van der Waals surface area contributed by atoms with E-state index in [2.05, 4.69) is 9.97 Å². The van der Waals surface area contributed by atoms with E-state index in [-0.39, 0.29) is 18.4 Å². The van der Waals surface area contributed by atoms with E-state index in [1.165, 1.54) is 0 Å². The summed E-state index contributed by atoms with van der Waals surface area (Å²) in [4.78, 5) is 9.88. The number of nitrogens with two attached hydrogens (primary N) is 1. The molecule has 0 saturated heterocycles. The van der Waals surface area contributed by atoms with Crippen LogP contribution in [-0.2, 0) is 6.61 Å². The second kappa shape index (κ2) is 7.08. The lowest BCUT2D eigenvalue weighted by molar-refractivity contribution is 0.171. The standard InChI is InChI=1S/C19H17FN4O3/c20-15-10-22-19(23-18(15)21)24(13-3-1-12(11-25)2-4-13)14-5-6-16-17(9-14)27-8-7-26-16/h1-6,9-10,25H,7-8,11H2,(H2,21,22,23). The number of hydrogen-bond donors (Lipinski definition) is 2. The summed E-state index contributed by atoms with van der Waals surface area (Å²) in [5.41, 5.74) is 7.82. The molecule has 1 aliphatic rings. The van der Waals surface area contributed by atoms with E-state index < -0.39 is 5.82 Å². The number of halogens is 1. The number of aromatic nitrogens is 2. The molecule has 2 aromatic carbocycles. The van der Waals surface area contributed by atoms with Gasteiger partial charge in [-0.15, -0.1) is 0 Å². The Morgan fingerprint density at radius 1 is 1.04 bits per heavy atom. The van der Waals surface area contributed by atoms with Gasteiger partial charge < -0.3 is 20.3 Å². The number of aliphatic hydroxyl groups excluding tert-OH is 1. The Labute approximate surface area is 154 Å². The molecule has 4 rings (SSSR count). The zero-order chi connectivity index (χ0) is 18.8. The van der Waals surface area contributed by atoms with Crippen molar-refractivity contribution in [2.45, 2.75) is 6.61 Å². The first-order chi connectivity index (χ1) is 13.2. The third kappa shape index (κ3) is 3.34. The number of hydrogen-bond acceptors (Lipinski definition) is 7. The van der Waals surface area contributed by atoms with Crippen molar-refractivity contribution in [2.75, 3.05) is 23.8 Å². The van der Waals surface area contributed by atoms with Gasteiger partial charge in [0.15, 0.2) is 23.1 Å². The zero-order valence-corrected chi connectivity index (χ0v) is 14.3. The normalized spacial score (nSPS) is 12.7. The second-order valence-electron chi connectivity index (χ2n) is 5.89. The van der Waals surface area contributed by atoms with Gasteiger partial charge in [0, 0.05) is 11.8 Å². The van der Waals surface area contributed by atoms with E-state index in [0.29, 0.717) is 30.4 Å². The lowest BCUT2D eigenvalue weighted by atomic mass is 10.2. The molecule has 3 aromatic rings. The maximum atomic E-state index is 13.6. The summed E-state index contributed by atoms with van der Waals surface area (Å²) in [6.45, 7) is 0.891.